The molecule has 0 bridgehead atoms. The van der Waals surface area contributed by atoms with Crippen LogP contribution in [0.15, 0.2) is 53.2 Å². The van der Waals surface area contributed by atoms with Gasteiger partial charge in [0, 0.05) is 27.5 Å². The van der Waals surface area contributed by atoms with Gasteiger partial charge in [-0.05, 0) is 29.7 Å². The maximum Gasteiger partial charge on any atom is 0.159 e. The maximum atomic E-state index is 13.4. The first-order chi connectivity index (χ1) is 11.7. The van der Waals surface area contributed by atoms with Crippen molar-refractivity contribution in [1.82, 2.24) is 14.6 Å². The molecule has 0 aliphatic rings. The summed E-state index contributed by atoms with van der Waals surface area (Å²) in [5.74, 6) is -1.73. The largest absolute Gasteiger partial charge is 0.236 e. The minimum absolute atomic E-state index is 0.557. The minimum Gasteiger partial charge on any atom is -0.236 e. The SMILES string of the molecule is Fc1ccc(-c2csc(-c3ccc(-c4csnn4)cc3)n2)cc1F. The summed E-state index contributed by atoms with van der Waals surface area (Å²) in [5.41, 5.74) is 3.97. The van der Waals surface area contributed by atoms with Crippen molar-refractivity contribution >= 4 is 22.9 Å². The highest BCUT2D eigenvalue weighted by Crippen LogP contribution is 2.30. The van der Waals surface area contributed by atoms with Gasteiger partial charge in [-0.2, -0.15) is 0 Å². The van der Waals surface area contributed by atoms with Crippen molar-refractivity contribution in [2.75, 3.05) is 0 Å². The van der Waals surface area contributed by atoms with E-state index in [1.54, 1.807) is 0 Å². The van der Waals surface area contributed by atoms with Gasteiger partial charge in [0.25, 0.3) is 0 Å². The van der Waals surface area contributed by atoms with Crippen molar-refractivity contribution in [2.24, 2.45) is 0 Å². The number of rotatable bonds is 3. The summed E-state index contributed by atoms with van der Waals surface area (Å²) in [6.07, 6.45) is 0. The summed E-state index contributed by atoms with van der Waals surface area (Å²) in [6.45, 7) is 0. The Kier molecular flexibility index (Phi) is 3.87. The lowest BCUT2D eigenvalue weighted by Gasteiger charge is -2.00. The smallest absolute Gasteiger partial charge is 0.159 e. The molecule has 4 rings (SSSR count). The molecular formula is C17H9F2N3S2. The highest BCUT2D eigenvalue weighted by molar-refractivity contribution is 7.13. The Balaban J connectivity index is 1.63. The normalized spacial score (nSPS) is 10.9. The molecular weight excluding hydrogens is 348 g/mol. The van der Waals surface area contributed by atoms with E-state index in [4.69, 9.17) is 0 Å². The summed E-state index contributed by atoms with van der Waals surface area (Å²) in [7, 11) is 0. The zero-order chi connectivity index (χ0) is 16.5. The number of hydrogen-bond donors (Lipinski definition) is 0. The molecule has 0 saturated heterocycles. The summed E-state index contributed by atoms with van der Waals surface area (Å²) < 4.78 is 30.3. The number of benzene rings is 2. The molecule has 0 aliphatic heterocycles. The van der Waals surface area contributed by atoms with Crippen molar-refractivity contribution in [2.45, 2.75) is 0 Å². The van der Waals surface area contributed by atoms with Crippen molar-refractivity contribution in [3.8, 4) is 33.1 Å². The predicted octanol–water partition coefficient (Wildman–Crippen LogP) is 5.27. The second kappa shape index (κ2) is 6.18. The van der Waals surface area contributed by atoms with Crippen LogP contribution in [0.25, 0.3) is 33.1 Å². The summed E-state index contributed by atoms with van der Waals surface area (Å²) >= 11 is 2.77. The Hall–Kier alpha value is -2.51. The first-order valence-corrected chi connectivity index (χ1v) is 8.71. The molecule has 0 aliphatic carbocycles. The third-order valence-corrected chi connectivity index (χ3v) is 4.90. The Morgan fingerprint density at radius 1 is 0.750 bits per heavy atom. The van der Waals surface area contributed by atoms with Crippen LogP contribution in [-0.4, -0.2) is 14.6 Å². The first-order valence-electron chi connectivity index (χ1n) is 6.99. The summed E-state index contributed by atoms with van der Waals surface area (Å²) in [4.78, 5) is 4.52. The van der Waals surface area contributed by atoms with E-state index in [1.807, 2.05) is 35.0 Å². The average molecular weight is 357 g/mol. The molecule has 24 heavy (non-hydrogen) atoms. The predicted molar refractivity (Wildman–Crippen MR) is 91.8 cm³/mol. The van der Waals surface area contributed by atoms with Crippen LogP contribution in [0.5, 0.6) is 0 Å². The Labute approximate surface area is 144 Å². The van der Waals surface area contributed by atoms with E-state index >= 15 is 0 Å². The van der Waals surface area contributed by atoms with Gasteiger partial charge >= 0.3 is 0 Å². The van der Waals surface area contributed by atoms with Crippen molar-refractivity contribution in [3.05, 3.63) is 64.9 Å². The molecule has 0 atom stereocenters. The molecule has 3 nitrogen and oxygen atoms in total. The van der Waals surface area contributed by atoms with Gasteiger partial charge in [-0.1, -0.05) is 28.8 Å². The molecule has 0 fully saturated rings. The number of thiazole rings is 1. The molecule has 7 heteroatoms. The molecule has 0 unspecified atom stereocenters. The second-order valence-electron chi connectivity index (χ2n) is 5.03. The fourth-order valence-electron chi connectivity index (χ4n) is 2.27. The molecule has 2 aromatic carbocycles. The third kappa shape index (κ3) is 2.83. The summed E-state index contributed by atoms with van der Waals surface area (Å²) in [6, 6.07) is 11.6. The van der Waals surface area contributed by atoms with Gasteiger partial charge < -0.3 is 0 Å². The molecule has 4 aromatic rings. The first kappa shape index (κ1) is 15.0. The molecule has 0 spiro atoms. The highest BCUT2D eigenvalue weighted by atomic mass is 32.1. The lowest BCUT2D eigenvalue weighted by atomic mass is 10.1. The summed E-state index contributed by atoms with van der Waals surface area (Å²) in [5, 5.41) is 8.58. The Morgan fingerprint density at radius 2 is 1.50 bits per heavy atom. The quantitative estimate of drug-likeness (QED) is 0.501. The number of halogens is 2. The fourth-order valence-corrected chi connectivity index (χ4v) is 3.57. The van der Waals surface area contributed by atoms with Gasteiger partial charge in [-0.3, -0.25) is 0 Å². The van der Waals surface area contributed by atoms with E-state index in [9.17, 15) is 8.78 Å². The van der Waals surface area contributed by atoms with Crippen LogP contribution < -0.4 is 0 Å². The van der Waals surface area contributed by atoms with Crippen molar-refractivity contribution in [1.29, 1.82) is 0 Å². The molecule has 118 valence electrons. The Morgan fingerprint density at radius 3 is 2.21 bits per heavy atom. The molecule has 2 heterocycles. The number of aromatic nitrogens is 3. The van der Waals surface area contributed by atoms with Gasteiger partial charge in [0.2, 0.25) is 0 Å². The number of nitrogens with zero attached hydrogens (tertiary/aromatic N) is 3. The van der Waals surface area contributed by atoms with Crippen LogP contribution in [0, 0.1) is 11.6 Å². The minimum atomic E-state index is -0.872. The average Bonchev–Trinajstić information content (AvgIpc) is 3.29. The fraction of sp³-hybridized carbons (Fsp3) is 0. The maximum absolute atomic E-state index is 13.4. The van der Waals surface area contributed by atoms with Crippen LogP contribution in [0.4, 0.5) is 8.78 Å². The molecule has 0 amide bonds. The monoisotopic (exact) mass is 357 g/mol. The zero-order valence-electron chi connectivity index (χ0n) is 12.1. The van der Waals surface area contributed by atoms with Gasteiger partial charge in [0.15, 0.2) is 11.6 Å². The molecule has 0 radical (unpaired) electrons. The van der Waals surface area contributed by atoms with Gasteiger partial charge in [0.05, 0.1) is 5.69 Å². The third-order valence-electron chi connectivity index (χ3n) is 3.51. The molecule has 0 saturated carbocycles. The topological polar surface area (TPSA) is 38.7 Å². The van der Waals surface area contributed by atoms with E-state index in [1.165, 1.54) is 28.9 Å². The second-order valence-corrected chi connectivity index (χ2v) is 6.50. The van der Waals surface area contributed by atoms with E-state index in [0.29, 0.717) is 11.3 Å². The Bertz CT molecular complexity index is 980. The molecule has 0 N–H and O–H groups in total. The van der Waals surface area contributed by atoms with E-state index in [2.05, 4.69) is 14.6 Å². The lowest BCUT2D eigenvalue weighted by molar-refractivity contribution is 0.509. The van der Waals surface area contributed by atoms with Gasteiger partial charge in [0.1, 0.15) is 10.7 Å². The van der Waals surface area contributed by atoms with Crippen LogP contribution >= 0.6 is 22.9 Å². The van der Waals surface area contributed by atoms with E-state index < -0.39 is 11.6 Å². The van der Waals surface area contributed by atoms with Crippen molar-refractivity contribution < 1.29 is 8.78 Å². The van der Waals surface area contributed by atoms with E-state index in [-0.39, 0.29) is 0 Å². The van der Waals surface area contributed by atoms with Crippen LogP contribution in [0.1, 0.15) is 0 Å². The molecule has 2 aromatic heterocycles. The number of hydrogen-bond acceptors (Lipinski definition) is 5. The van der Waals surface area contributed by atoms with Gasteiger partial charge in [-0.15, -0.1) is 16.4 Å². The highest BCUT2D eigenvalue weighted by Gasteiger charge is 2.10. The van der Waals surface area contributed by atoms with Crippen LogP contribution in [0.3, 0.4) is 0 Å². The van der Waals surface area contributed by atoms with Crippen molar-refractivity contribution in [3.63, 3.8) is 0 Å². The van der Waals surface area contributed by atoms with E-state index in [0.717, 1.165) is 34.0 Å². The van der Waals surface area contributed by atoms with Crippen LogP contribution in [0.2, 0.25) is 0 Å². The zero-order valence-corrected chi connectivity index (χ0v) is 13.7. The lowest BCUT2D eigenvalue weighted by Crippen LogP contribution is -1.86. The van der Waals surface area contributed by atoms with Gasteiger partial charge in [-0.25, -0.2) is 13.8 Å². The standard InChI is InChI=1S/C17H9F2N3S2/c18-13-6-5-12(7-14(13)19)15-8-23-17(20-15)11-3-1-10(2-4-11)16-9-24-22-21-16/h1-9H. The van der Waals surface area contributed by atoms with Crippen LogP contribution in [-0.2, 0) is 0 Å².